The van der Waals surface area contributed by atoms with E-state index in [9.17, 15) is 18.0 Å². The van der Waals surface area contributed by atoms with Gasteiger partial charge in [-0.15, -0.1) is 0 Å². The molecule has 3 nitrogen and oxygen atoms in total. The molecule has 2 aromatic rings. The first-order valence-corrected chi connectivity index (χ1v) is 7.88. The molecule has 1 aromatic heterocycles. The van der Waals surface area contributed by atoms with Crippen LogP contribution in [0.15, 0.2) is 47.3 Å². The average molecular weight is 337 g/mol. The van der Waals surface area contributed by atoms with Gasteiger partial charge in [0.05, 0.1) is 18.1 Å². The van der Waals surface area contributed by atoms with Crippen molar-refractivity contribution in [1.29, 1.82) is 0 Å². The van der Waals surface area contributed by atoms with Crippen molar-refractivity contribution in [2.75, 3.05) is 13.1 Å². The van der Waals surface area contributed by atoms with Crippen LogP contribution in [-0.2, 0) is 12.7 Å². The van der Waals surface area contributed by atoms with E-state index in [1.54, 1.807) is 12.5 Å². The summed E-state index contributed by atoms with van der Waals surface area (Å²) in [7, 11) is 0. The summed E-state index contributed by atoms with van der Waals surface area (Å²) in [6, 6.07) is 6.39. The van der Waals surface area contributed by atoms with Crippen molar-refractivity contribution in [3.05, 3.63) is 59.5 Å². The second-order valence-electron chi connectivity index (χ2n) is 6.15. The Kier molecular flexibility index (Phi) is 4.76. The predicted molar refractivity (Wildman–Crippen MR) is 82.5 cm³/mol. The molecule has 0 saturated carbocycles. The van der Waals surface area contributed by atoms with Crippen LogP contribution in [0.1, 0.15) is 34.3 Å². The molecule has 0 amide bonds. The molecule has 1 atom stereocenters. The summed E-state index contributed by atoms with van der Waals surface area (Å²) in [5.41, 5.74) is 0.667. The van der Waals surface area contributed by atoms with Crippen LogP contribution in [0.5, 0.6) is 0 Å². The fraction of sp³-hybridized carbons (Fsp3) is 0.389. The predicted octanol–water partition coefficient (Wildman–Crippen LogP) is 4.39. The molecule has 1 aromatic carbocycles. The normalized spacial score (nSPS) is 19.4. The summed E-state index contributed by atoms with van der Waals surface area (Å²) in [6.45, 7) is 2.24. The van der Waals surface area contributed by atoms with Crippen LogP contribution in [0.25, 0.3) is 0 Å². The highest BCUT2D eigenvalue weighted by molar-refractivity contribution is 5.98. The van der Waals surface area contributed by atoms with E-state index in [-0.39, 0.29) is 11.7 Å². The Morgan fingerprint density at radius 2 is 1.96 bits per heavy atom. The standard InChI is InChI=1S/C18H18F3NO2/c19-18(20,21)16-5-3-14(4-6-16)17(23)15-2-1-8-22(11-15)10-13-7-9-24-12-13/h3-7,9,12,15H,1-2,8,10-11H2. The van der Waals surface area contributed by atoms with E-state index in [2.05, 4.69) is 4.90 Å². The Labute approximate surface area is 138 Å². The van der Waals surface area contributed by atoms with Gasteiger partial charge >= 0.3 is 6.18 Å². The van der Waals surface area contributed by atoms with E-state index < -0.39 is 11.7 Å². The van der Waals surface area contributed by atoms with E-state index in [1.807, 2.05) is 6.07 Å². The number of carbonyl (C=O) groups excluding carboxylic acids is 1. The molecular weight excluding hydrogens is 319 g/mol. The first-order chi connectivity index (χ1) is 11.4. The monoisotopic (exact) mass is 337 g/mol. The molecule has 0 aliphatic carbocycles. The summed E-state index contributed by atoms with van der Waals surface area (Å²) in [5, 5.41) is 0. The molecule has 24 heavy (non-hydrogen) atoms. The minimum absolute atomic E-state index is 0.0828. The number of Topliss-reactive ketones (excluding diaryl/α,β-unsaturated/α-hetero) is 1. The van der Waals surface area contributed by atoms with Crippen LogP contribution in [0.2, 0.25) is 0 Å². The lowest BCUT2D eigenvalue weighted by molar-refractivity contribution is -0.137. The second-order valence-corrected chi connectivity index (χ2v) is 6.15. The van der Waals surface area contributed by atoms with Gasteiger partial charge < -0.3 is 4.42 Å². The summed E-state index contributed by atoms with van der Waals surface area (Å²) in [4.78, 5) is 14.8. The number of hydrogen-bond donors (Lipinski definition) is 0. The van der Waals surface area contributed by atoms with E-state index in [0.717, 1.165) is 37.1 Å². The lowest BCUT2D eigenvalue weighted by atomic mass is 9.89. The molecule has 0 N–H and O–H groups in total. The number of hydrogen-bond acceptors (Lipinski definition) is 3. The van der Waals surface area contributed by atoms with Gasteiger partial charge in [-0.25, -0.2) is 0 Å². The van der Waals surface area contributed by atoms with Gasteiger partial charge in [-0.1, -0.05) is 12.1 Å². The molecule has 1 saturated heterocycles. The maximum absolute atomic E-state index is 12.6. The largest absolute Gasteiger partial charge is 0.472 e. The minimum atomic E-state index is -4.38. The van der Waals surface area contributed by atoms with E-state index in [1.165, 1.54) is 12.1 Å². The Morgan fingerprint density at radius 1 is 1.21 bits per heavy atom. The van der Waals surface area contributed by atoms with E-state index in [0.29, 0.717) is 18.7 Å². The number of alkyl halides is 3. The third-order valence-electron chi connectivity index (χ3n) is 4.36. The number of benzene rings is 1. The third-order valence-corrected chi connectivity index (χ3v) is 4.36. The number of furan rings is 1. The second kappa shape index (κ2) is 6.81. The van der Waals surface area contributed by atoms with E-state index >= 15 is 0 Å². The van der Waals surface area contributed by atoms with Gasteiger partial charge in [-0.05, 0) is 37.6 Å². The molecule has 3 rings (SSSR count). The number of rotatable bonds is 4. The van der Waals surface area contributed by atoms with Crippen molar-refractivity contribution >= 4 is 5.78 Å². The third kappa shape index (κ3) is 3.87. The van der Waals surface area contributed by atoms with E-state index in [4.69, 9.17) is 4.42 Å². The smallest absolute Gasteiger partial charge is 0.416 e. The van der Waals surface area contributed by atoms with Crippen LogP contribution in [0.4, 0.5) is 13.2 Å². The summed E-state index contributed by atoms with van der Waals surface area (Å²) < 4.78 is 42.9. The van der Waals surface area contributed by atoms with Gasteiger partial charge in [-0.2, -0.15) is 13.2 Å². The highest BCUT2D eigenvalue weighted by Gasteiger charge is 2.31. The summed E-state index contributed by atoms with van der Waals surface area (Å²) >= 11 is 0. The van der Waals surface area contributed by atoms with Crippen LogP contribution < -0.4 is 0 Å². The zero-order valence-electron chi connectivity index (χ0n) is 13.1. The topological polar surface area (TPSA) is 33.5 Å². The van der Waals surface area contributed by atoms with Gasteiger partial charge in [0.2, 0.25) is 0 Å². The summed E-state index contributed by atoms with van der Waals surface area (Å²) in [5.74, 6) is -0.261. The Balaban J connectivity index is 1.65. The van der Waals surface area contributed by atoms with Crippen LogP contribution >= 0.6 is 0 Å². The van der Waals surface area contributed by atoms with Crippen molar-refractivity contribution in [2.45, 2.75) is 25.6 Å². The first kappa shape index (κ1) is 16.8. The molecule has 128 valence electrons. The molecule has 2 heterocycles. The number of piperidine rings is 1. The first-order valence-electron chi connectivity index (χ1n) is 7.88. The number of halogens is 3. The number of likely N-dealkylation sites (tertiary alicyclic amines) is 1. The molecule has 1 unspecified atom stereocenters. The Hall–Kier alpha value is -2.08. The Morgan fingerprint density at radius 3 is 2.58 bits per heavy atom. The highest BCUT2D eigenvalue weighted by atomic mass is 19.4. The van der Waals surface area contributed by atoms with Crippen molar-refractivity contribution in [1.82, 2.24) is 4.90 Å². The fourth-order valence-electron chi connectivity index (χ4n) is 3.11. The highest BCUT2D eigenvalue weighted by Crippen LogP contribution is 2.30. The van der Waals surface area contributed by atoms with Gasteiger partial charge in [0.25, 0.3) is 0 Å². The fourth-order valence-corrected chi connectivity index (χ4v) is 3.11. The van der Waals surface area contributed by atoms with Crippen LogP contribution in [-0.4, -0.2) is 23.8 Å². The van der Waals surface area contributed by atoms with Gasteiger partial charge in [0.15, 0.2) is 5.78 Å². The van der Waals surface area contributed by atoms with Gasteiger partial charge in [0.1, 0.15) is 0 Å². The quantitative estimate of drug-likeness (QED) is 0.776. The molecule has 1 fully saturated rings. The zero-order chi connectivity index (χ0) is 17.2. The SMILES string of the molecule is O=C(c1ccc(C(F)(F)F)cc1)C1CCCN(Cc2ccoc2)C1. The van der Waals surface area contributed by atoms with Crippen molar-refractivity contribution in [3.63, 3.8) is 0 Å². The van der Waals surface area contributed by atoms with Crippen LogP contribution in [0.3, 0.4) is 0 Å². The van der Waals surface area contributed by atoms with Crippen molar-refractivity contribution < 1.29 is 22.4 Å². The van der Waals surface area contributed by atoms with Gasteiger partial charge in [-0.3, -0.25) is 9.69 Å². The molecule has 6 heteroatoms. The van der Waals surface area contributed by atoms with Crippen molar-refractivity contribution in [2.24, 2.45) is 5.92 Å². The number of ketones is 1. The maximum Gasteiger partial charge on any atom is 0.416 e. The van der Waals surface area contributed by atoms with Crippen molar-refractivity contribution in [3.8, 4) is 0 Å². The molecule has 0 spiro atoms. The average Bonchev–Trinajstić information content (AvgIpc) is 3.07. The lowest BCUT2D eigenvalue weighted by Gasteiger charge is -2.31. The molecule has 1 aliphatic rings. The van der Waals surface area contributed by atoms with Gasteiger partial charge in [0, 0.05) is 30.1 Å². The van der Waals surface area contributed by atoms with Crippen LogP contribution in [0, 0.1) is 5.92 Å². The number of nitrogens with zero attached hydrogens (tertiary/aromatic N) is 1. The Bertz CT molecular complexity index is 677. The molecule has 0 radical (unpaired) electrons. The maximum atomic E-state index is 12.6. The molecular formula is C18H18F3NO2. The molecule has 1 aliphatic heterocycles. The zero-order valence-corrected chi connectivity index (χ0v) is 13.1. The minimum Gasteiger partial charge on any atom is -0.472 e. The summed E-state index contributed by atoms with van der Waals surface area (Å²) in [6.07, 6.45) is 0.579. The lowest BCUT2D eigenvalue weighted by Crippen LogP contribution is -2.38. The molecule has 0 bridgehead atoms. The number of carbonyl (C=O) groups is 1.